The van der Waals surface area contributed by atoms with Gasteiger partial charge in [0.1, 0.15) is 17.5 Å². The maximum absolute atomic E-state index is 14.2. The Balaban J connectivity index is 2.09. The molecule has 0 fully saturated rings. The van der Waals surface area contributed by atoms with E-state index in [0.29, 0.717) is 27.3 Å². The molecule has 2 heterocycles. The van der Waals surface area contributed by atoms with E-state index in [1.807, 2.05) is 53.6 Å². The second-order valence-electron chi connectivity index (χ2n) is 5.50. The van der Waals surface area contributed by atoms with Gasteiger partial charge in [0.15, 0.2) is 0 Å². The van der Waals surface area contributed by atoms with Crippen LogP contribution in [-0.4, -0.2) is 26.6 Å². The van der Waals surface area contributed by atoms with Crippen LogP contribution in [0.15, 0.2) is 46.9 Å². The molecule has 0 aliphatic heterocycles. The minimum absolute atomic E-state index is 0.336. The molecule has 4 aromatic rings. The van der Waals surface area contributed by atoms with E-state index in [9.17, 15) is 4.39 Å². The number of fused-ring (bicyclic) bond motifs is 3. The smallest absolute Gasteiger partial charge is 0.257 e. The van der Waals surface area contributed by atoms with Crippen LogP contribution >= 0.6 is 15.9 Å². The highest BCUT2D eigenvalue weighted by Crippen LogP contribution is 2.33. The molecule has 4 rings (SSSR count). The fourth-order valence-electron chi connectivity index (χ4n) is 2.79. The molecule has 0 amide bonds. The van der Waals surface area contributed by atoms with Crippen molar-refractivity contribution in [3.8, 4) is 0 Å². The summed E-state index contributed by atoms with van der Waals surface area (Å²) >= 11 is 3.26. The monoisotopic (exact) mass is 385 g/mol. The van der Waals surface area contributed by atoms with Gasteiger partial charge in [-0.3, -0.25) is 4.40 Å². The molecule has 24 heavy (non-hydrogen) atoms. The van der Waals surface area contributed by atoms with Crippen molar-refractivity contribution in [1.29, 1.82) is 0 Å². The third-order valence-corrected chi connectivity index (χ3v) is 4.60. The first kappa shape index (κ1) is 15.0. The van der Waals surface area contributed by atoms with Crippen molar-refractivity contribution in [2.75, 3.05) is 11.9 Å². The Kier molecular flexibility index (Phi) is 3.45. The lowest BCUT2D eigenvalue weighted by atomic mass is 10.2. The topological polar surface area (TPSA) is 46.3 Å². The summed E-state index contributed by atoms with van der Waals surface area (Å²) in [6.07, 6.45) is 0. The Labute approximate surface area is 145 Å². The Morgan fingerprint density at radius 3 is 2.62 bits per heavy atom. The lowest BCUT2D eigenvalue weighted by molar-refractivity contribution is 0.623. The van der Waals surface area contributed by atoms with Crippen LogP contribution in [0.25, 0.3) is 16.7 Å². The molecule has 120 valence electrons. The highest BCUT2D eigenvalue weighted by molar-refractivity contribution is 9.10. The van der Waals surface area contributed by atoms with Crippen molar-refractivity contribution in [2.45, 2.75) is 6.92 Å². The zero-order valence-electron chi connectivity index (χ0n) is 13.0. The van der Waals surface area contributed by atoms with Gasteiger partial charge in [-0.05, 0) is 47.1 Å². The maximum atomic E-state index is 14.2. The molecule has 5 nitrogen and oxygen atoms in total. The Hall–Kier alpha value is -2.54. The number of halogens is 2. The van der Waals surface area contributed by atoms with Crippen LogP contribution in [0.4, 0.5) is 15.9 Å². The van der Waals surface area contributed by atoms with E-state index in [4.69, 9.17) is 0 Å². The third-order valence-electron chi connectivity index (χ3n) is 4.00. The van der Waals surface area contributed by atoms with E-state index < -0.39 is 0 Å². The molecule has 0 aliphatic carbocycles. The van der Waals surface area contributed by atoms with Gasteiger partial charge in [-0.2, -0.15) is 4.98 Å². The number of hydrogen-bond acceptors (Lipinski definition) is 4. The van der Waals surface area contributed by atoms with Crippen molar-refractivity contribution in [2.24, 2.45) is 0 Å². The second-order valence-corrected chi connectivity index (χ2v) is 6.35. The molecule has 0 saturated carbocycles. The normalized spacial score (nSPS) is 11.3. The molecule has 2 aromatic carbocycles. The van der Waals surface area contributed by atoms with Crippen LogP contribution in [0.3, 0.4) is 0 Å². The molecule has 0 bridgehead atoms. The first-order valence-corrected chi connectivity index (χ1v) is 8.15. The summed E-state index contributed by atoms with van der Waals surface area (Å²) in [5.41, 5.74) is 1.75. The van der Waals surface area contributed by atoms with Crippen molar-refractivity contribution in [1.82, 2.24) is 19.6 Å². The van der Waals surface area contributed by atoms with Crippen molar-refractivity contribution < 1.29 is 4.39 Å². The van der Waals surface area contributed by atoms with Crippen molar-refractivity contribution in [3.63, 3.8) is 0 Å². The van der Waals surface area contributed by atoms with E-state index >= 15 is 0 Å². The highest BCUT2D eigenvalue weighted by Gasteiger charge is 2.17. The molecule has 0 radical (unpaired) electrons. The van der Waals surface area contributed by atoms with Gasteiger partial charge in [0.05, 0.1) is 9.99 Å². The molecule has 0 spiro atoms. The number of aryl methyl sites for hydroxylation is 1. The Morgan fingerprint density at radius 2 is 1.88 bits per heavy atom. The van der Waals surface area contributed by atoms with Crippen molar-refractivity contribution >= 4 is 44.1 Å². The van der Waals surface area contributed by atoms with Crippen molar-refractivity contribution in [3.05, 3.63) is 58.6 Å². The first-order valence-electron chi connectivity index (χ1n) is 7.35. The zero-order chi connectivity index (χ0) is 16.8. The van der Waals surface area contributed by atoms with Gasteiger partial charge in [0.2, 0.25) is 0 Å². The lowest BCUT2D eigenvalue weighted by Gasteiger charge is -2.20. The summed E-state index contributed by atoms with van der Waals surface area (Å²) in [6, 6.07) is 13.0. The van der Waals surface area contributed by atoms with Crippen LogP contribution < -0.4 is 4.90 Å². The summed E-state index contributed by atoms with van der Waals surface area (Å²) in [7, 11) is 1.90. The first-order chi connectivity index (χ1) is 11.6. The number of hydrogen-bond donors (Lipinski definition) is 0. The van der Waals surface area contributed by atoms with Crippen LogP contribution in [0.1, 0.15) is 5.82 Å². The van der Waals surface area contributed by atoms with Crippen LogP contribution in [0.5, 0.6) is 0 Å². The predicted octanol–water partition coefficient (Wildman–Crippen LogP) is 4.26. The highest BCUT2D eigenvalue weighted by atomic mass is 79.9. The summed E-state index contributed by atoms with van der Waals surface area (Å²) in [5.74, 6) is 1.48. The molecular weight excluding hydrogens is 373 g/mol. The van der Waals surface area contributed by atoms with Crippen LogP contribution in [0, 0.1) is 12.7 Å². The minimum Gasteiger partial charge on any atom is -0.329 e. The number of nitrogens with zero attached hydrogens (tertiary/aromatic N) is 5. The van der Waals surface area contributed by atoms with Gasteiger partial charge < -0.3 is 4.90 Å². The molecule has 0 aliphatic rings. The van der Waals surface area contributed by atoms with E-state index in [1.54, 1.807) is 6.07 Å². The molecule has 7 heteroatoms. The molecule has 2 aromatic heterocycles. The van der Waals surface area contributed by atoms with Gasteiger partial charge in [0.25, 0.3) is 5.78 Å². The van der Waals surface area contributed by atoms with Gasteiger partial charge in [0, 0.05) is 18.1 Å². The zero-order valence-corrected chi connectivity index (χ0v) is 14.6. The Bertz CT molecular complexity index is 1060. The fraction of sp³-hybridized carbons (Fsp3) is 0.118. The number of aromatic nitrogens is 4. The second kappa shape index (κ2) is 5.52. The van der Waals surface area contributed by atoms with Gasteiger partial charge >= 0.3 is 0 Å². The SMILES string of the molecule is Cc1nnc2nc(N(C)c3ccccc3)c3cc(F)c(Br)cc3n12. The number of anilines is 2. The summed E-state index contributed by atoms with van der Waals surface area (Å²) in [5, 5.41) is 8.91. The van der Waals surface area contributed by atoms with Gasteiger partial charge in [-0.15, -0.1) is 10.2 Å². The minimum atomic E-state index is -0.336. The quantitative estimate of drug-likeness (QED) is 0.517. The maximum Gasteiger partial charge on any atom is 0.257 e. The van der Waals surface area contributed by atoms with Crippen LogP contribution in [-0.2, 0) is 0 Å². The predicted molar refractivity (Wildman–Crippen MR) is 95.2 cm³/mol. The standard InChI is InChI=1S/C17H13BrFN5/c1-10-21-22-17-20-16(23(2)11-6-4-3-5-7-11)12-8-14(19)13(18)9-15(12)24(10)17/h3-9H,1-2H3. The van der Waals surface area contributed by atoms with Gasteiger partial charge in [-0.25, -0.2) is 4.39 Å². The molecular formula is C17H13BrFN5. The van der Waals surface area contributed by atoms with Crippen LogP contribution in [0.2, 0.25) is 0 Å². The fourth-order valence-corrected chi connectivity index (χ4v) is 3.12. The third kappa shape index (κ3) is 2.24. The van der Waals surface area contributed by atoms with E-state index in [-0.39, 0.29) is 5.82 Å². The summed E-state index contributed by atoms with van der Waals surface area (Å²) in [4.78, 5) is 6.52. The average molecular weight is 386 g/mol. The lowest BCUT2D eigenvalue weighted by Crippen LogP contribution is -2.13. The largest absolute Gasteiger partial charge is 0.329 e. The number of para-hydroxylation sites is 1. The molecule has 0 unspecified atom stereocenters. The summed E-state index contributed by atoms with van der Waals surface area (Å²) in [6.45, 7) is 1.85. The average Bonchev–Trinajstić information content (AvgIpc) is 2.97. The molecule has 0 atom stereocenters. The molecule has 0 saturated heterocycles. The molecule has 0 N–H and O–H groups in total. The van der Waals surface area contributed by atoms with Gasteiger partial charge in [-0.1, -0.05) is 18.2 Å². The number of rotatable bonds is 2. The Morgan fingerprint density at radius 1 is 1.12 bits per heavy atom. The number of benzene rings is 2. The van der Waals surface area contributed by atoms with E-state index in [0.717, 1.165) is 11.2 Å². The van der Waals surface area contributed by atoms with E-state index in [1.165, 1.54) is 6.07 Å². The summed E-state index contributed by atoms with van der Waals surface area (Å²) < 4.78 is 16.4. The van der Waals surface area contributed by atoms with E-state index in [2.05, 4.69) is 31.1 Å².